The molecule has 144 valence electrons. The second-order valence-corrected chi connectivity index (χ2v) is 7.87. The molecule has 1 aromatic heterocycles. The Bertz CT molecular complexity index is 1040. The van der Waals surface area contributed by atoms with Gasteiger partial charge in [-0.3, -0.25) is 4.79 Å². The quantitative estimate of drug-likeness (QED) is 0.711. The number of piperidine rings is 1. The van der Waals surface area contributed by atoms with Crippen LogP contribution in [0.15, 0.2) is 42.5 Å². The van der Waals surface area contributed by atoms with Crippen LogP contribution in [0.3, 0.4) is 0 Å². The number of aliphatic hydroxyl groups is 1. The molecule has 28 heavy (non-hydrogen) atoms. The number of nitrogens with zero attached hydrogens (tertiary/aromatic N) is 3. The first-order valence-corrected chi connectivity index (χ1v) is 9.76. The number of fused-ring (bicyclic) bond motifs is 1. The average Bonchev–Trinajstić information content (AvgIpc) is 2.69. The Balaban J connectivity index is 1.51. The number of rotatable bonds is 2. The Kier molecular flexibility index (Phi) is 4.81. The molecular formula is C22H22ClN3O2. The third kappa shape index (κ3) is 3.48. The largest absolute Gasteiger partial charge is 0.385 e. The predicted octanol–water partition coefficient (Wildman–Crippen LogP) is 4.02. The van der Waals surface area contributed by atoms with Crippen molar-refractivity contribution in [3.05, 3.63) is 70.0 Å². The normalized spacial score (nSPS) is 16.4. The lowest BCUT2D eigenvalue weighted by Gasteiger charge is -2.38. The van der Waals surface area contributed by atoms with Crippen molar-refractivity contribution in [3.8, 4) is 0 Å². The lowest BCUT2D eigenvalue weighted by Crippen LogP contribution is -2.45. The minimum Gasteiger partial charge on any atom is -0.385 e. The molecule has 2 heterocycles. The molecule has 0 unspecified atom stereocenters. The molecule has 1 aliphatic rings. The summed E-state index contributed by atoms with van der Waals surface area (Å²) in [6.07, 6.45) is 0.984. The van der Waals surface area contributed by atoms with Gasteiger partial charge in [0.15, 0.2) is 0 Å². The third-order valence-electron chi connectivity index (χ3n) is 5.58. The van der Waals surface area contributed by atoms with E-state index in [2.05, 4.69) is 9.97 Å². The third-order valence-corrected chi connectivity index (χ3v) is 5.83. The van der Waals surface area contributed by atoms with Crippen molar-refractivity contribution in [1.29, 1.82) is 0 Å². The summed E-state index contributed by atoms with van der Waals surface area (Å²) in [5.74, 6) is -0.0416. The molecule has 0 atom stereocenters. The maximum atomic E-state index is 13.0. The Morgan fingerprint density at radius 1 is 1.00 bits per heavy atom. The van der Waals surface area contributed by atoms with Gasteiger partial charge in [-0.15, -0.1) is 0 Å². The standard InChI is InChI=1S/C22H22ClN3O2/c1-14-15(2)25-20-13-16(3-8-19(20)24-14)21(27)26-11-9-22(28,10-12-26)17-4-6-18(23)7-5-17/h3-8,13,28H,9-12H2,1-2H3. The van der Waals surface area contributed by atoms with Crippen molar-refractivity contribution in [2.24, 2.45) is 0 Å². The molecular weight excluding hydrogens is 374 g/mol. The van der Waals surface area contributed by atoms with Crippen LogP contribution >= 0.6 is 11.6 Å². The van der Waals surface area contributed by atoms with Crippen molar-refractivity contribution in [1.82, 2.24) is 14.9 Å². The minimum atomic E-state index is -0.926. The van der Waals surface area contributed by atoms with Crippen LogP contribution in [0.4, 0.5) is 0 Å². The number of carbonyl (C=O) groups excluding carboxylic acids is 1. The molecule has 0 radical (unpaired) electrons. The highest BCUT2D eigenvalue weighted by molar-refractivity contribution is 6.30. The summed E-state index contributed by atoms with van der Waals surface area (Å²) in [6, 6.07) is 12.7. The molecule has 1 N–H and O–H groups in total. The van der Waals surface area contributed by atoms with E-state index in [0.717, 1.165) is 28.0 Å². The van der Waals surface area contributed by atoms with Crippen LogP contribution in [0.2, 0.25) is 5.02 Å². The average molecular weight is 396 g/mol. The number of hydrogen-bond acceptors (Lipinski definition) is 4. The van der Waals surface area contributed by atoms with E-state index < -0.39 is 5.60 Å². The second-order valence-electron chi connectivity index (χ2n) is 7.43. The minimum absolute atomic E-state index is 0.0416. The zero-order chi connectivity index (χ0) is 19.9. The molecule has 5 nitrogen and oxygen atoms in total. The molecule has 1 amide bonds. The first-order chi connectivity index (χ1) is 13.4. The van der Waals surface area contributed by atoms with Gasteiger partial charge in [0.05, 0.1) is 28.0 Å². The summed E-state index contributed by atoms with van der Waals surface area (Å²) < 4.78 is 0. The van der Waals surface area contributed by atoms with Gasteiger partial charge in [0, 0.05) is 23.7 Å². The lowest BCUT2D eigenvalue weighted by molar-refractivity contribution is -0.0211. The first-order valence-electron chi connectivity index (χ1n) is 9.38. The molecule has 1 saturated heterocycles. The van der Waals surface area contributed by atoms with E-state index in [1.165, 1.54) is 0 Å². The highest BCUT2D eigenvalue weighted by Crippen LogP contribution is 2.34. The van der Waals surface area contributed by atoms with Gasteiger partial charge in [-0.1, -0.05) is 23.7 Å². The van der Waals surface area contributed by atoms with E-state index in [0.29, 0.717) is 36.5 Å². The van der Waals surface area contributed by atoms with Gasteiger partial charge in [-0.05, 0) is 62.6 Å². The summed E-state index contributed by atoms with van der Waals surface area (Å²) >= 11 is 5.94. The van der Waals surface area contributed by atoms with Crippen LogP contribution < -0.4 is 0 Å². The summed E-state index contributed by atoms with van der Waals surface area (Å²) in [6.45, 7) is 4.83. The fourth-order valence-electron chi connectivity index (χ4n) is 3.67. The molecule has 0 aliphatic carbocycles. The monoisotopic (exact) mass is 395 g/mol. The van der Waals surface area contributed by atoms with E-state index >= 15 is 0 Å². The Morgan fingerprint density at radius 2 is 1.61 bits per heavy atom. The van der Waals surface area contributed by atoms with E-state index in [1.54, 1.807) is 29.2 Å². The molecule has 0 saturated carbocycles. The molecule has 2 aromatic carbocycles. The topological polar surface area (TPSA) is 66.3 Å². The molecule has 3 aromatic rings. The van der Waals surface area contributed by atoms with Gasteiger partial charge >= 0.3 is 0 Å². The van der Waals surface area contributed by atoms with Crippen molar-refractivity contribution >= 4 is 28.5 Å². The van der Waals surface area contributed by atoms with E-state index in [9.17, 15) is 9.90 Å². The van der Waals surface area contributed by atoms with Crippen LogP contribution in [0.5, 0.6) is 0 Å². The molecule has 0 bridgehead atoms. The fraction of sp³-hybridized carbons (Fsp3) is 0.318. The number of hydrogen-bond donors (Lipinski definition) is 1. The fourth-order valence-corrected chi connectivity index (χ4v) is 3.80. The van der Waals surface area contributed by atoms with Gasteiger partial charge in [-0.2, -0.15) is 0 Å². The van der Waals surface area contributed by atoms with Crippen molar-refractivity contribution in [3.63, 3.8) is 0 Å². The van der Waals surface area contributed by atoms with Gasteiger partial charge in [0.25, 0.3) is 5.91 Å². The highest BCUT2D eigenvalue weighted by Gasteiger charge is 2.35. The number of carbonyl (C=O) groups is 1. The number of likely N-dealkylation sites (tertiary alicyclic amines) is 1. The number of amides is 1. The molecule has 1 fully saturated rings. The van der Waals surface area contributed by atoms with Gasteiger partial charge in [-0.25, -0.2) is 9.97 Å². The van der Waals surface area contributed by atoms with Crippen molar-refractivity contribution < 1.29 is 9.90 Å². The zero-order valence-corrected chi connectivity index (χ0v) is 16.7. The molecule has 4 rings (SSSR count). The molecule has 6 heteroatoms. The maximum Gasteiger partial charge on any atom is 0.253 e. The summed E-state index contributed by atoms with van der Waals surface area (Å²) in [5, 5.41) is 11.6. The predicted molar refractivity (Wildman–Crippen MR) is 109 cm³/mol. The van der Waals surface area contributed by atoms with Crippen molar-refractivity contribution in [2.75, 3.05) is 13.1 Å². The number of aromatic nitrogens is 2. The van der Waals surface area contributed by atoms with Crippen LogP contribution in [0.1, 0.15) is 40.2 Å². The smallest absolute Gasteiger partial charge is 0.253 e. The summed E-state index contributed by atoms with van der Waals surface area (Å²) in [4.78, 5) is 23.8. The summed E-state index contributed by atoms with van der Waals surface area (Å²) in [5.41, 5.74) is 3.79. The van der Waals surface area contributed by atoms with Crippen LogP contribution in [-0.2, 0) is 5.60 Å². The van der Waals surface area contributed by atoms with E-state index in [1.807, 2.05) is 32.0 Å². The number of benzene rings is 2. The summed E-state index contributed by atoms with van der Waals surface area (Å²) in [7, 11) is 0. The van der Waals surface area contributed by atoms with Crippen molar-refractivity contribution in [2.45, 2.75) is 32.3 Å². The zero-order valence-electron chi connectivity index (χ0n) is 15.9. The van der Waals surface area contributed by atoms with Gasteiger partial charge in [0.2, 0.25) is 0 Å². The maximum absolute atomic E-state index is 13.0. The van der Waals surface area contributed by atoms with E-state index in [-0.39, 0.29) is 5.91 Å². The van der Waals surface area contributed by atoms with Crippen LogP contribution in [0.25, 0.3) is 11.0 Å². The SMILES string of the molecule is Cc1nc2ccc(C(=O)N3CCC(O)(c4ccc(Cl)cc4)CC3)cc2nc1C. The van der Waals surface area contributed by atoms with Crippen LogP contribution in [-0.4, -0.2) is 39.0 Å². The first kappa shape index (κ1) is 18.8. The Morgan fingerprint density at radius 3 is 2.25 bits per heavy atom. The van der Waals surface area contributed by atoms with Gasteiger partial charge < -0.3 is 10.0 Å². The van der Waals surface area contributed by atoms with E-state index in [4.69, 9.17) is 11.6 Å². The Labute approximate surface area is 169 Å². The lowest BCUT2D eigenvalue weighted by atomic mass is 9.84. The Hall–Kier alpha value is -2.50. The highest BCUT2D eigenvalue weighted by atomic mass is 35.5. The molecule has 1 aliphatic heterocycles. The number of halogens is 1. The number of aryl methyl sites for hydroxylation is 2. The van der Waals surface area contributed by atoms with Gasteiger partial charge in [0.1, 0.15) is 0 Å². The second kappa shape index (κ2) is 7.15. The van der Waals surface area contributed by atoms with Crippen LogP contribution in [0, 0.1) is 13.8 Å². The molecule has 0 spiro atoms.